The number of carboxylic acid groups (broad SMARTS) is 1. The fraction of sp³-hybridized carbons (Fsp3) is 0.118. The summed E-state index contributed by atoms with van der Waals surface area (Å²) >= 11 is 11.8. The first-order chi connectivity index (χ1) is 11.7. The minimum atomic E-state index is -4.51. The number of hydrogen-bond acceptors (Lipinski definition) is 1. The van der Waals surface area contributed by atoms with Crippen molar-refractivity contribution in [2.45, 2.75) is 12.6 Å². The number of aromatic amines is 1. The zero-order valence-electron chi connectivity index (χ0n) is 12.4. The van der Waals surface area contributed by atoms with Gasteiger partial charge in [0.1, 0.15) is 5.69 Å². The van der Waals surface area contributed by atoms with Gasteiger partial charge >= 0.3 is 12.1 Å². The quantitative estimate of drug-likeness (QED) is 0.598. The number of rotatable bonds is 3. The van der Waals surface area contributed by atoms with Crippen LogP contribution in [0.2, 0.25) is 10.0 Å². The van der Waals surface area contributed by atoms with Gasteiger partial charge in [-0.2, -0.15) is 13.2 Å². The molecule has 0 saturated heterocycles. The largest absolute Gasteiger partial charge is 0.477 e. The van der Waals surface area contributed by atoms with Gasteiger partial charge in [0.25, 0.3) is 0 Å². The van der Waals surface area contributed by atoms with Crippen LogP contribution in [0.15, 0.2) is 36.4 Å². The molecule has 0 fully saturated rings. The van der Waals surface area contributed by atoms with Crippen LogP contribution in [0.5, 0.6) is 0 Å². The number of hydrogen-bond donors (Lipinski definition) is 2. The Morgan fingerprint density at radius 3 is 2.40 bits per heavy atom. The molecule has 0 saturated carbocycles. The van der Waals surface area contributed by atoms with Gasteiger partial charge in [0.2, 0.25) is 0 Å². The molecule has 0 aliphatic heterocycles. The molecule has 0 unspecified atom stereocenters. The topological polar surface area (TPSA) is 53.1 Å². The van der Waals surface area contributed by atoms with E-state index < -0.39 is 17.7 Å². The molecule has 3 nitrogen and oxygen atoms in total. The number of aromatic nitrogens is 1. The van der Waals surface area contributed by atoms with Crippen molar-refractivity contribution in [1.82, 2.24) is 4.98 Å². The molecule has 0 spiro atoms. The molecule has 2 aromatic carbocycles. The molecule has 0 radical (unpaired) electrons. The summed E-state index contributed by atoms with van der Waals surface area (Å²) in [6.45, 7) is 0. The average molecular weight is 388 g/mol. The van der Waals surface area contributed by atoms with Gasteiger partial charge in [-0.3, -0.25) is 0 Å². The minimum absolute atomic E-state index is 0.113. The van der Waals surface area contributed by atoms with Crippen molar-refractivity contribution >= 4 is 40.1 Å². The van der Waals surface area contributed by atoms with E-state index in [1.54, 1.807) is 18.2 Å². The Morgan fingerprint density at radius 2 is 1.80 bits per heavy atom. The van der Waals surface area contributed by atoms with Crippen molar-refractivity contribution in [3.63, 3.8) is 0 Å². The summed E-state index contributed by atoms with van der Waals surface area (Å²) in [5, 5.41) is 10.5. The van der Waals surface area contributed by atoms with E-state index in [0.717, 1.165) is 12.1 Å². The molecule has 1 aromatic heterocycles. The zero-order valence-corrected chi connectivity index (χ0v) is 13.9. The fourth-order valence-corrected chi connectivity index (χ4v) is 2.97. The van der Waals surface area contributed by atoms with Gasteiger partial charge in [0, 0.05) is 17.3 Å². The second-order valence-corrected chi connectivity index (χ2v) is 6.28. The second-order valence-electron chi connectivity index (χ2n) is 5.47. The molecule has 8 heteroatoms. The van der Waals surface area contributed by atoms with Crippen LogP contribution in [0.25, 0.3) is 10.9 Å². The molecule has 25 heavy (non-hydrogen) atoms. The van der Waals surface area contributed by atoms with Crippen molar-refractivity contribution in [2.75, 3.05) is 0 Å². The molecular formula is C17H10Cl2F3NO2. The summed E-state index contributed by atoms with van der Waals surface area (Å²) in [5.41, 5.74) is 0.189. The lowest BCUT2D eigenvalue weighted by molar-refractivity contribution is -0.137. The van der Waals surface area contributed by atoms with Crippen LogP contribution in [0, 0.1) is 0 Å². The first-order valence-corrected chi connectivity index (χ1v) is 7.81. The molecule has 0 aliphatic carbocycles. The van der Waals surface area contributed by atoms with Gasteiger partial charge in [-0.1, -0.05) is 35.3 Å². The lowest BCUT2D eigenvalue weighted by Crippen LogP contribution is -2.04. The molecule has 3 rings (SSSR count). The van der Waals surface area contributed by atoms with Crippen LogP contribution in [0.3, 0.4) is 0 Å². The number of benzene rings is 2. The van der Waals surface area contributed by atoms with Crippen molar-refractivity contribution in [2.24, 2.45) is 0 Å². The van der Waals surface area contributed by atoms with E-state index in [-0.39, 0.29) is 17.6 Å². The molecule has 130 valence electrons. The van der Waals surface area contributed by atoms with E-state index in [4.69, 9.17) is 23.2 Å². The highest BCUT2D eigenvalue weighted by molar-refractivity contribution is 6.42. The van der Waals surface area contributed by atoms with Crippen molar-refractivity contribution in [3.05, 3.63) is 68.8 Å². The highest BCUT2D eigenvalue weighted by Gasteiger charge is 2.31. The number of carbonyl (C=O) groups is 1. The third-order valence-corrected chi connectivity index (χ3v) is 4.55. The van der Waals surface area contributed by atoms with Gasteiger partial charge in [0.15, 0.2) is 0 Å². The second kappa shape index (κ2) is 6.28. The van der Waals surface area contributed by atoms with E-state index in [1.165, 1.54) is 6.07 Å². The van der Waals surface area contributed by atoms with Crippen molar-refractivity contribution in [1.29, 1.82) is 0 Å². The Labute approximate surface area is 150 Å². The van der Waals surface area contributed by atoms with Gasteiger partial charge in [-0.25, -0.2) is 4.79 Å². The normalized spacial score (nSPS) is 11.9. The lowest BCUT2D eigenvalue weighted by atomic mass is 10.0. The van der Waals surface area contributed by atoms with Crippen LogP contribution in [0.1, 0.15) is 27.2 Å². The first-order valence-electron chi connectivity index (χ1n) is 7.06. The fourth-order valence-electron chi connectivity index (χ4n) is 2.65. The summed E-state index contributed by atoms with van der Waals surface area (Å²) in [5.74, 6) is -1.25. The molecular weight excluding hydrogens is 378 g/mol. The van der Waals surface area contributed by atoms with Crippen molar-refractivity contribution in [3.8, 4) is 0 Å². The predicted molar refractivity (Wildman–Crippen MR) is 89.5 cm³/mol. The SMILES string of the molecule is O=C(O)c1[nH]c2cc(C(F)(F)F)ccc2c1Cc1ccc(Cl)c(Cl)c1. The smallest absolute Gasteiger partial charge is 0.416 e. The highest BCUT2D eigenvalue weighted by Crippen LogP contribution is 2.34. The third-order valence-electron chi connectivity index (χ3n) is 3.81. The number of H-pyrrole nitrogens is 1. The Kier molecular flexibility index (Phi) is 4.43. The summed E-state index contributed by atoms with van der Waals surface area (Å²) < 4.78 is 38.6. The summed E-state index contributed by atoms with van der Waals surface area (Å²) in [7, 11) is 0. The van der Waals surface area contributed by atoms with Gasteiger partial charge < -0.3 is 10.1 Å². The third kappa shape index (κ3) is 3.45. The monoisotopic (exact) mass is 387 g/mol. The Balaban J connectivity index is 2.13. The van der Waals surface area contributed by atoms with E-state index in [2.05, 4.69) is 4.98 Å². The maximum absolute atomic E-state index is 12.9. The maximum atomic E-state index is 12.9. The molecule has 3 aromatic rings. The first kappa shape index (κ1) is 17.6. The van der Waals surface area contributed by atoms with Crippen LogP contribution in [-0.4, -0.2) is 16.1 Å². The number of carboxylic acids is 1. The van der Waals surface area contributed by atoms with Crippen LogP contribution < -0.4 is 0 Å². The molecule has 0 aliphatic rings. The molecule has 0 amide bonds. The highest BCUT2D eigenvalue weighted by atomic mass is 35.5. The van der Waals surface area contributed by atoms with Gasteiger partial charge in [0.05, 0.1) is 15.6 Å². The Morgan fingerprint density at radius 1 is 1.08 bits per heavy atom. The zero-order chi connectivity index (χ0) is 18.4. The van der Waals surface area contributed by atoms with Gasteiger partial charge in [-0.15, -0.1) is 0 Å². The molecule has 0 bridgehead atoms. The number of alkyl halides is 3. The number of aromatic carboxylic acids is 1. The molecule has 1 heterocycles. The predicted octanol–water partition coefficient (Wildman–Crippen LogP) is 5.78. The van der Waals surface area contributed by atoms with Crippen LogP contribution in [0.4, 0.5) is 13.2 Å². The average Bonchev–Trinajstić information content (AvgIpc) is 2.88. The van der Waals surface area contributed by atoms with E-state index in [0.29, 0.717) is 26.6 Å². The molecule has 0 atom stereocenters. The maximum Gasteiger partial charge on any atom is 0.416 e. The number of halogens is 5. The van der Waals surface area contributed by atoms with Crippen LogP contribution >= 0.6 is 23.2 Å². The summed E-state index contributed by atoms with van der Waals surface area (Å²) in [4.78, 5) is 14.0. The van der Waals surface area contributed by atoms with E-state index in [9.17, 15) is 23.1 Å². The molecule has 2 N–H and O–H groups in total. The number of fused-ring (bicyclic) bond motifs is 1. The lowest BCUT2D eigenvalue weighted by Gasteiger charge is -2.07. The number of nitrogens with one attached hydrogen (secondary N) is 1. The Bertz CT molecular complexity index is 980. The van der Waals surface area contributed by atoms with E-state index in [1.807, 2.05) is 0 Å². The summed E-state index contributed by atoms with van der Waals surface area (Å²) in [6.07, 6.45) is -4.32. The summed E-state index contributed by atoms with van der Waals surface area (Å²) in [6, 6.07) is 7.96. The van der Waals surface area contributed by atoms with Crippen LogP contribution in [-0.2, 0) is 12.6 Å². The van der Waals surface area contributed by atoms with Crippen molar-refractivity contribution < 1.29 is 23.1 Å². The van der Waals surface area contributed by atoms with Gasteiger partial charge in [-0.05, 0) is 35.4 Å². The Hall–Kier alpha value is -2.18. The minimum Gasteiger partial charge on any atom is -0.477 e. The van der Waals surface area contributed by atoms with E-state index >= 15 is 0 Å². The standard InChI is InChI=1S/C17H10Cl2F3NO2/c18-12-4-1-8(6-13(12)19)5-11-10-3-2-9(17(20,21)22)7-14(10)23-15(11)16(24)25/h1-4,6-7,23H,5H2,(H,24,25).